The number of amides is 1. The highest BCUT2D eigenvalue weighted by atomic mass is 35.5. The molecule has 0 aromatic heterocycles. The standard InChI is InChI=1S/C25H21Cl2N3O7/c1-3-35-23-12-16(4-11-22(23)37-25(32)20-10-5-17(26)13-21(20)27)14-28-29-24(31)15(2)36-19-8-6-18(7-9-19)30(33)34/h4-15H,3H2,1-2H3,(H,29,31)/b28-14-/t15-/m0/s1. The molecule has 37 heavy (non-hydrogen) atoms. The average molecular weight is 546 g/mol. The van der Waals surface area contributed by atoms with Gasteiger partial charge in [0.1, 0.15) is 5.75 Å². The van der Waals surface area contributed by atoms with Crippen LogP contribution in [0.2, 0.25) is 10.0 Å². The smallest absolute Gasteiger partial charge is 0.345 e. The van der Waals surface area contributed by atoms with Crippen LogP contribution in [0.25, 0.3) is 0 Å². The third-order valence-electron chi connectivity index (χ3n) is 4.74. The average Bonchev–Trinajstić information content (AvgIpc) is 2.85. The van der Waals surface area contributed by atoms with Crippen LogP contribution in [0.3, 0.4) is 0 Å². The Labute approximate surface area is 221 Å². The van der Waals surface area contributed by atoms with E-state index in [2.05, 4.69) is 10.5 Å². The van der Waals surface area contributed by atoms with Crippen LogP contribution < -0.4 is 19.6 Å². The first-order chi connectivity index (χ1) is 17.7. The van der Waals surface area contributed by atoms with Crippen LogP contribution in [-0.4, -0.2) is 35.7 Å². The largest absolute Gasteiger partial charge is 0.490 e. The normalized spacial score (nSPS) is 11.6. The molecule has 0 saturated heterocycles. The maximum atomic E-state index is 12.6. The Balaban J connectivity index is 1.63. The monoisotopic (exact) mass is 545 g/mol. The van der Waals surface area contributed by atoms with Gasteiger partial charge in [-0.2, -0.15) is 5.10 Å². The van der Waals surface area contributed by atoms with Crippen molar-refractivity contribution in [2.75, 3.05) is 6.61 Å². The Kier molecular flexibility index (Phi) is 9.42. The number of rotatable bonds is 10. The Morgan fingerprint density at radius 2 is 1.81 bits per heavy atom. The van der Waals surface area contributed by atoms with Crippen molar-refractivity contribution < 1.29 is 28.7 Å². The van der Waals surface area contributed by atoms with E-state index in [1.54, 1.807) is 19.1 Å². The predicted molar refractivity (Wildman–Crippen MR) is 138 cm³/mol. The second kappa shape index (κ2) is 12.7. The molecule has 0 aliphatic rings. The fourth-order valence-electron chi connectivity index (χ4n) is 2.93. The number of hydrazone groups is 1. The van der Waals surface area contributed by atoms with Gasteiger partial charge in [-0.05, 0) is 67.9 Å². The molecule has 3 aromatic carbocycles. The van der Waals surface area contributed by atoms with Crippen LogP contribution in [0.4, 0.5) is 5.69 Å². The van der Waals surface area contributed by atoms with E-state index in [9.17, 15) is 19.7 Å². The molecular weight excluding hydrogens is 525 g/mol. The molecule has 0 radical (unpaired) electrons. The van der Waals surface area contributed by atoms with Gasteiger partial charge in [0.2, 0.25) is 0 Å². The summed E-state index contributed by atoms with van der Waals surface area (Å²) < 4.78 is 16.5. The molecule has 0 fully saturated rings. The molecule has 192 valence electrons. The molecule has 12 heteroatoms. The summed E-state index contributed by atoms with van der Waals surface area (Å²) in [5.74, 6) is -0.470. The molecule has 0 heterocycles. The van der Waals surface area contributed by atoms with Gasteiger partial charge in [0.25, 0.3) is 11.6 Å². The molecule has 0 aliphatic carbocycles. The number of benzene rings is 3. The van der Waals surface area contributed by atoms with Gasteiger partial charge in [-0.1, -0.05) is 23.2 Å². The number of ether oxygens (including phenoxy) is 3. The van der Waals surface area contributed by atoms with Crippen LogP contribution in [-0.2, 0) is 4.79 Å². The van der Waals surface area contributed by atoms with Crippen LogP contribution in [0.5, 0.6) is 17.2 Å². The van der Waals surface area contributed by atoms with Crippen LogP contribution >= 0.6 is 23.2 Å². The number of nitrogens with one attached hydrogen (secondary N) is 1. The fraction of sp³-hybridized carbons (Fsp3) is 0.160. The molecule has 0 aliphatic heterocycles. The van der Waals surface area contributed by atoms with Crippen molar-refractivity contribution in [3.05, 3.63) is 92.0 Å². The van der Waals surface area contributed by atoms with Gasteiger partial charge >= 0.3 is 5.97 Å². The maximum absolute atomic E-state index is 12.6. The molecular formula is C25H21Cl2N3O7. The summed E-state index contributed by atoms with van der Waals surface area (Å²) in [6, 6.07) is 14.5. The van der Waals surface area contributed by atoms with Crippen LogP contribution in [0, 0.1) is 10.1 Å². The summed E-state index contributed by atoms with van der Waals surface area (Å²) in [6.07, 6.45) is 0.458. The van der Waals surface area contributed by atoms with Crippen molar-refractivity contribution in [2.24, 2.45) is 5.10 Å². The summed E-state index contributed by atoms with van der Waals surface area (Å²) in [5.41, 5.74) is 2.97. The zero-order valence-electron chi connectivity index (χ0n) is 19.6. The number of halogens is 2. The number of hydrogen-bond acceptors (Lipinski definition) is 8. The van der Waals surface area contributed by atoms with E-state index >= 15 is 0 Å². The lowest BCUT2D eigenvalue weighted by Gasteiger charge is -2.13. The maximum Gasteiger partial charge on any atom is 0.345 e. The number of carbonyl (C=O) groups is 2. The van der Waals surface area contributed by atoms with Gasteiger partial charge in [0, 0.05) is 17.2 Å². The minimum Gasteiger partial charge on any atom is -0.490 e. The first kappa shape index (κ1) is 27.4. The predicted octanol–water partition coefficient (Wildman–Crippen LogP) is 5.44. The number of non-ortho nitro benzene ring substituents is 1. The topological polar surface area (TPSA) is 129 Å². The molecule has 1 amide bonds. The molecule has 1 N–H and O–H groups in total. The summed E-state index contributed by atoms with van der Waals surface area (Å²) >= 11 is 12.0. The number of carbonyl (C=O) groups excluding carboxylic acids is 2. The SMILES string of the molecule is CCOc1cc(/C=N\NC(=O)[C@H](C)Oc2ccc([N+](=O)[O-])cc2)ccc1OC(=O)c1ccc(Cl)cc1Cl. The quantitative estimate of drug-likeness (QED) is 0.118. The minimum absolute atomic E-state index is 0.0879. The highest BCUT2D eigenvalue weighted by Crippen LogP contribution is 2.30. The lowest BCUT2D eigenvalue weighted by atomic mass is 10.2. The lowest BCUT2D eigenvalue weighted by molar-refractivity contribution is -0.384. The second-order valence-electron chi connectivity index (χ2n) is 7.40. The van der Waals surface area contributed by atoms with Gasteiger partial charge in [0.05, 0.1) is 28.3 Å². The van der Waals surface area contributed by atoms with Crippen molar-refractivity contribution in [3.8, 4) is 17.2 Å². The molecule has 1 atom stereocenters. The third kappa shape index (κ3) is 7.66. The van der Waals surface area contributed by atoms with E-state index in [0.29, 0.717) is 22.9 Å². The van der Waals surface area contributed by atoms with E-state index in [-0.39, 0.29) is 27.8 Å². The van der Waals surface area contributed by atoms with E-state index in [1.165, 1.54) is 61.7 Å². The Morgan fingerprint density at radius 1 is 1.08 bits per heavy atom. The van der Waals surface area contributed by atoms with E-state index in [4.69, 9.17) is 37.4 Å². The van der Waals surface area contributed by atoms with Gasteiger partial charge in [-0.3, -0.25) is 14.9 Å². The van der Waals surface area contributed by atoms with Crippen LogP contribution in [0.1, 0.15) is 29.8 Å². The second-order valence-corrected chi connectivity index (χ2v) is 8.24. The van der Waals surface area contributed by atoms with Crippen molar-refractivity contribution in [2.45, 2.75) is 20.0 Å². The number of nitrogens with zero attached hydrogens (tertiary/aromatic N) is 2. The Morgan fingerprint density at radius 3 is 2.46 bits per heavy atom. The van der Waals surface area contributed by atoms with Crippen molar-refractivity contribution >= 4 is 47.0 Å². The molecule has 3 rings (SSSR count). The zero-order valence-corrected chi connectivity index (χ0v) is 21.2. The number of esters is 1. The van der Waals surface area contributed by atoms with E-state index in [0.717, 1.165) is 0 Å². The summed E-state index contributed by atoms with van der Waals surface area (Å²) in [4.78, 5) is 35.0. The number of hydrogen-bond donors (Lipinski definition) is 1. The van der Waals surface area contributed by atoms with Gasteiger partial charge in [-0.25, -0.2) is 10.2 Å². The van der Waals surface area contributed by atoms with Gasteiger partial charge < -0.3 is 14.2 Å². The molecule has 3 aromatic rings. The lowest BCUT2D eigenvalue weighted by Crippen LogP contribution is -2.33. The Hall–Kier alpha value is -4.15. The number of nitro groups is 1. The summed E-state index contributed by atoms with van der Waals surface area (Å²) in [6.45, 7) is 3.59. The minimum atomic E-state index is -0.918. The summed E-state index contributed by atoms with van der Waals surface area (Å²) in [5, 5.41) is 15.2. The molecule has 0 spiro atoms. The number of nitro benzene ring substituents is 1. The van der Waals surface area contributed by atoms with Crippen molar-refractivity contribution in [1.82, 2.24) is 5.43 Å². The van der Waals surface area contributed by atoms with Crippen molar-refractivity contribution in [3.63, 3.8) is 0 Å². The van der Waals surface area contributed by atoms with E-state index < -0.39 is 22.9 Å². The first-order valence-electron chi connectivity index (χ1n) is 10.9. The van der Waals surface area contributed by atoms with Crippen LogP contribution in [0.15, 0.2) is 65.8 Å². The molecule has 0 bridgehead atoms. The molecule has 10 nitrogen and oxygen atoms in total. The highest BCUT2D eigenvalue weighted by molar-refractivity contribution is 6.36. The summed E-state index contributed by atoms with van der Waals surface area (Å²) in [7, 11) is 0. The molecule has 0 unspecified atom stereocenters. The molecule has 0 saturated carbocycles. The van der Waals surface area contributed by atoms with Gasteiger partial charge in [-0.15, -0.1) is 0 Å². The van der Waals surface area contributed by atoms with Gasteiger partial charge in [0.15, 0.2) is 17.6 Å². The first-order valence-corrected chi connectivity index (χ1v) is 11.6. The third-order valence-corrected chi connectivity index (χ3v) is 5.29. The highest BCUT2D eigenvalue weighted by Gasteiger charge is 2.17. The Bertz CT molecular complexity index is 1330. The fourth-order valence-corrected chi connectivity index (χ4v) is 3.42. The zero-order chi connectivity index (χ0) is 26.9. The van der Waals surface area contributed by atoms with Crippen molar-refractivity contribution in [1.29, 1.82) is 0 Å². The van der Waals surface area contributed by atoms with E-state index in [1.807, 2.05) is 0 Å².